The Morgan fingerprint density at radius 1 is 0.483 bits per heavy atom. The number of carbonyl (C=O) groups is 2. The molecule has 0 amide bonds. The van der Waals surface area contributed by atoms with Gasteiger partial charge in [0.2, 0.25) is 0 Å². The lowest BCUT2D eigenvalue weighted by Crippen LogP contribution is -2.78. The molecule has 3 nitrogen and oxygen atoms in total. The number of ether oxygens (including phenoxy) is 1. The van der Waals surface area contributed by atoms with Crippen molar-refractivity contribution >= 4 is 39.8 Å². The van der Waals surface area contributed by atoms with Gasteiger partial charge in [-0.3, -0.25) is 4.79 Å². The van der Waals surface area contributed by atoms with Gasteiger partial charge >= 0.3 is 5.97 Å². The Balaban J connectivity index is 3.13. The normalized spacial score (nSPS) is 18.9. The van der Waals surface area contributed by atoms with Crippen LogP contribution in [0.1, 0.15) is 100 Å². The van der Waals surface area contributed by atoms with Crippen LogP contribution in [0.2, 0.25) is 0 Å². The molecule has 3 aromatic rings. The lowest BCUT2D eigenvalue weighted by Gasteiger charge is -2.65. The van der Waals surface area contributed by atoms with E-state index in [9.17, 15) is 0 Å². The molecule has 0 aliphatic carbocycles. The second-order valence-electron chi connectivity index (χ2n) is 14.9. The number of halogens is 7. The molecule has 0 aliphatic rings. The SMILES string of the molecule is CCOC(=O)C(C(=O)C(C(F)CC)(C(F)CC)C(C(F)CC)(C(F)CC)C(C(F)CC)(C(F)CC)C(F)CC)=P(c1ccccc1)(c1ccccc1)c1ccccc1. The summed E-state index contributed by atoms with van der Waals surface area (Å²) in [5.41, 5.74) is -10.9. The molecule has 3 aromatic carbocycles. The maximum atomic E-state index is 18.4. The number of hydrogen-bond acceptors (Lipinski definition) is 3. The van der Waals surface area contributed by atoms with Gasteiger partial charge in [-0.25, -0.2) is 35.5 Å². The molecule has 0 spiro atoms. The summed E-state index contributed by atoms with van der Waals surface area (Å²) in [4.78, 5) is 32.0. The molecule has 11 heteroatoms. The number of carbonyl (C=O) groups excluding carboxylic acids is 2. The number of ketones is 1. The molecular weight excluding hydrogens is 776 g/mol. The minimum Gasteiger partial charge on any atom is -0.462 e. The summed E-state index contributed by atoms with van der Waals surface area (Å²) in [5.74, 6) is -3.01. The van der Waals surface area contributed by atoms with Crippen molar-refractivity contribution in [1.82, 2.24) is 0 Å². The molecule has 322 valence electrons. The summed E-state index contributed by atoms with van der Waals surface area (Å²) >= 11 is 0. The highest BCUT2D eigenvalue weighted by Crippen LogP contribution is 2.71. The Morgan fingerprint density at radius 2 is 0.776 bits per heavy atom. The molecule has 0 radical (unpaired) electrons. The zero-order valence-electron chi connectivity index (χ0n) is 35.2. The fourth-order valence-corrected chi connectivity index (χ4v) is 14.4. The van der Waals surface area contributed by atoms with E-state index in [0.717, 1.165) is 0 Å². The number of Topliss-reactive ketones (excluding diaryl/α,β-unsaturated/α-hetero) is 1. The minimum absolute atomic E-state index is 0.329. The molecule has 0 bridgehead atoms. The molecular formula is C47H62F7O3P. The molecule has 0 saturated heterocycles. The first kappa shape index (κ1) is 49.0. The number of benzene rings is 3. The van der Waals surface area contributed by atoms with Crippen LogP contribution in [-0.4, -0.2) is 66.9 Å². The maximum absolute atomic E-state index is 18.4. The summed E-state index contributed by atoms with van der Waals surface area (Å²) < 4.78 is 132. The average molecular weight is 839 g/mol. The van der Waals surface area contributed by atoms with E-state index in [1.807, 2.05) is 0 Å². The van der Waals surface area contributed by atoms with Crippen LogP contribution in [0.4, 0.5) is 30.7 Å². The summed E-state index contributed by atoms with van der Waals surface area (Å²) in [7, 11) is 0. The van der Waals surface area contributed by atoms with Crippen LogP contribution in [0.3, 0.4) is 0 Å². The third kappa shape index (κ3) is 7.62. The highest BCUT2D eigenvalue weighted by molar-refractivity contribution is 7.97. The standard InChI is InChI=1S/C47H62F7O3P/c1-9-35(48)45(36(49)10-2,37(50)11-3)47(40(53)14-6,41(54)15-7)46(38(51)12-4,39(52)13-5)43(55)42(44(56)57-16-8)58(32-26-20-17-21-27-32,33-28-22-18-23-29-33)34-30-24-19-25-31-34/h17-31,35-41H,9-16H2,1-8H3. The van der Waals surface area contributed by atoms with E-state index in [1.165, 1.54) is 55.4 Å². The second kappa shape index (κ2) is 21.2. The quantitative estimate of drug-likeness (QED) is 0.0414. The number of alkyl halides is 7. The largest absolute Gasteiger partial charge is 0.462 e. The third-order valence-corrected chi connectivity index (χ3v) is 16.5. The van der Waals surface area contributed by atoms with Crippen LogP contribution in [-0.2, 0) is 14.3 Å². The average Bonchev–Trinajstić information content (AvgIpc) is 3.27. The van der Waals surface area contributed by atoms with Crippen molar-refractivity contribution in [3.8, 4) is 0 Å². The molecule has 0 heterocycles. The molecule has 0 aromatic heterocycles. The summed E-state index contributed by atoms with van der Waals surface area (Å²) in [6, 6.07) is 24.9. The van der Waals surface area contributed by atoms with E-state index >= 15 is 40.3 Å². The van der Waals surface area contributed by atoms with E-state index in [1.54, 1.807) is 91.0 Å². The van der Waals surface area contributed by atoms with Crippen LogP contribution >= 0.6 is 6.89 Å². The molecule has 0 fully saturated rings. The number of rotatable bonds is 23. The Bertz CT molecular complexity index is 1640. The van der Waals surface area contributed by atoms with Gasteiger partial charge < -0.3 is 4.74 Å². The first-order valence-corrected chi connectivity index (χ1v) is 22.6. The Hall–Kier alpha value is -3.39. The molecule has 0 saturated carbocycles. The second-order valence-corrected chi connectivity index (χ2v) is 18.2. The minimum atomic E-state index is -4.06. The van der Waals surface area contributed by atoms with Crippen LogP contribution in [0.15, 0.2) is 91.0 Å². The first-order valence-electron chi connectivity index (χ1n) is 20.8. The van der Waals surface area contributed by atoms with Crippen LogP contribution in [0.5, 0.6) is 0 Å². The number of hydrogen-bond donors (Lipinski definition) is 0. The van der Waals surface area contributed by atoms with Crippen molar-refractivity contribution in [3.05, 3.63) is 91.0 Å². The smallest absolute Gasteiger partial charge is 0.342 e. The van der Waals surface area contributed by atoms with Gasteiger partial charge in [0.25, 0.3) is 0 Å². The van der Waals surface area contributed by atoms with Crippen molar-refractivity contribution in [3.63, 3.8) is 0 Å². The first-order chi connectivity index (χ1) is 27.7. The molecule has 7 atom stereocenters. The highest BCUT2D eigenvalue weighted by Gasteiger charge is 2.82. The van der Waals surface area contributed by atoms with E-state index < -0.39 is 128 Å². The van der Waals surface area contributed by atoms with Gasteiger partial charge in [-0.05, 0) is 74.7 Å². The van der Waals surface area contributed by atoms with Gasteiger partial charge in [-0.2, -0.15) is 0 Å². The van der Waals surface area contributed by atoms with Gasteiger partial charge in [0.05, 0.1) is 17.4 Å². The third-order valence-electron chi connectivity index (χ3n) is 12.3. The van der Waals surface area contributed by atoms with Crippen molar-refractivity contribution in [2.75, 3.05) is 6.61 Å². The predicted octanol–water partition coefficient (Wildman–Crippen LogP) is 11.5. The van der Waals surface area contributed by atoms with Gasteiger partial charge in [-0.1, -0.05) is 139 Å². The Kier molecular flexibility index (Phi) is 17.9. The highest BCUT2D eigenvalue weighted by atomic mass is 31.2. The number of esters is 1. The summed E-state index contributed by atoms with van der Waals surface area (Å²) in [6.07, 6.45) is -25.1. The molecule has 7 unspecified atom stereocenters. The summed E-state index contributed by atoms with van der Waals surface area (Å²) in [5, 5.41) is 0.219. The summed E-state index contributed by atoms with van der Waals surface area (Å²) in [6.45, 7) is 5.67. The Morgan fingerprint density at radius 3 is 1.03 bits per heavy atom. The van der Waals surface area contributed by atoms with Crippen molar-refractivity contribution in [1.29, 1.82) is 0 Å². The topological polar surface area (TPSA) is 43.4 Å². The zero-order chi connectivity index (χ0) is 43.5. The van der Waals surface area contributed by atoms with Gasteiger partial charge in [0, 0.05) is 0 Å². The van der Waals surface area contributed by atoms with E-state index in [4.69, 9.17) is 4.74 Å². The van der Waals surface area contributed by atoms with Crippen LogP contribution in [0, 0.1) is 16.2 Å². The van der Waals surface area contributed by atoms with Gasteiger partial charge in [-0.15, -0.1) is 0 Å². The van der Waals surface area contributed by atoms with E-state index in [-0.39, 0.29) is 6.61 Å². The van der Waals surface area contributed by atoms with Crippen molar-refractivity contribution in [2.24, 2.45) is 16.2 Å². The Labute approximate surface area is 341 Å². The fraction of sp³-hybridized carbons (Fsp3) is 0.553. The predicted molar refractivity (Wildman–Crippen MR) is 225 cm³/mol. The van der Waals surface area contributed by atoms with Crippen LogP contribution in [0.25, 0.3) is 0 Å². The molecule has 3 rings (SSSR count). The monoisotopic (exact) mass is 838 g/mol. The molecule has 0 aliphatic heterocycles. The molecule has 58 heavy (non-hydrogen) atoms. The lowest BCUT2D eigenvalue weighted by atomic mass is 9.38. The molecule has 0 N–H and O–H groups in total. The van der Waals surface area contributed by atoms with E-state index in [2.05, 4.69) is 0 Å². The fourth-order valence-electron chi connectivity index (χ4n) is 10.0. The van der Waals surface area contributed by atoms with Gasteiger partial charge in [0.15, 0.2) is 5.78 Å². The maximum Gasteiger partial charge on any atom is 0.342 e. The zero-order valence-corrected chi connectivity index (χ0v) is 36.1. The van der Waals surface area contributed by atoms with Crippen molar-refractivity contribution < 1.29 is 45.1 Å². The lowest BCUT2D eigenvalue weighted by molar-refractivity contribution is -0.277. The van der Waals surface area contributed by atoms with Gasteiger partial charge in [0.1, 0.15) is 53.9 Å². The van der Waals surface area contributed by atoms with Crippen LogP contribution < -0.4 is 15.9 Å². The van der Waals surface area contributed by atoms with E-state index in [0.29, 0.717) is 15.9 Å². The van der Waals surface area contributed by atoms with Crippen molar-refractivity contribution in [2.45, 2.75) is 144 Å².